The summed E-state index contributed by atoms with van der Waals surface area (Å²) < 4.78 is 0. The SMILES string of the molecule is CCCCC.[Ru]. The zero-order valence-corrected chi connectivity index (χ0v) is 6.21. The van der Waals surface area contributed by atoms with Gasteiger partial charge in [0.05, 0.1) is 0 Å². The van der Waals surface area contributed by atoms with Crippen LogP contribution in [0.25, 0.3) is 0 Å². The second kappa shape index (κ2) is 9.16. The summed E-state index contributed by atoms with van der Waals surface area (Å²) in [6.45, 7) is 4.42. The summed E-state index contributed by atoms with van der Waals surface area (Å²) in [5, 5.41) is 0. The molecule has 0 radical (unpaired) electrons. The fourth-order valence-corrected chi connectivity index (χ4v) is 0.354. The molecular formula is C5H12Ru. The first-order valence-corrected chi connectivity index (χ1v) is 2.41. The summed E-state index contributed by atoms with van der Waals surface area (Å²) in [6, 6.07) is 0. The van der Waals surface area contributed by atoms with E-state index < -0.39 is 0 Å². The Labute approximate surface area is 53.1 Å². The van der Waals surface area contributed by atoms with Gasteiger partial charge in [-0.25, -0.2) is 0 Å². The van der Waals surface area contributed by atoms with Crippen LogP contribution in [0, 0.1) is 0 Å². The average Bonchev–Trinajstić information content (AvgIpc) is 1.41. The van der Waals surface area contributed by atoms with E-state index in [4.69, 9.17) is 0 Å². The molecule has 0 saturated carbocycles. The van der Waals surface area contributed by atoms with E-state index in [1.54, 1.807) is 0 Å². The van der Waals surface area contributed by atoms with Gasteiger partial charge in [-0.15, -0.1) is 0 Å². The van der Waals surface area contributed by atoms with Crippen molar-refractivity contribution in [3.05, 3.63) is 0 Å². The van der Waals surface area contributed by atoms with E-state index in [0.29, 0.717) is 0 Å². The molecule has 0 N–H and O–H groups in total. The summed E-state index contributed by atoms with van der Waals surface area (Å²) in [7, 11) is 0. The Kier molecular flexibility index (Phi) is 15.0. The fraction of sp³-hybridized carbons (Fsp3) is 1.00. The second-order valence-electron chi connectivity index (χ2n) is 1.35. The zero-order valence-electron chi connectivity index (χ0n) is 4.47. The van der Waals surface area contributed by atoms with Crippen molar-refractivity contribution in [2.24, 2.45) is 0 Å². The molecule has 0 nitrogen and oxygen atoms in total. The van der Waals surface area contributed by atoms with Gasteiger partial charge in [-0.1, -0.05) is 33.1 Å². The van der Waals surface area contributed by atoms with Gasteiger partial charge in [0.2, 0.25) is 0 Å². The Bertz CT molecular complexity index is 11.4. The van der Waals surface area contributed by atoms with E-state index in [-0.39, 0.29) is 19.5 Å². The molecule has 0 aromatic rings. The molecule has 0 aliphatic rings. The van der Waals surface area contributed by atoms with Gasteiger partial charge in [-0.05, 0) is 0 Å². The molecule has 0 heterocycles. The number of hydrogen-bond donors (Lipinski definition) is 0. The van der Waals surface area contributed by atoms with E-state index in [1.165, 1.54) is 19.3 Å². The molecule has 0 fully saturated rings. The topological polar surface area (TPSA) is 0 Å². The molecular weight excluding hydrogens is 161 g/mol. The van der Waals surface area contributed by atoms with Crippen LogP contribution in [0.2, 0.25) is 0 Å². The summed E-state index contributed by atoms with van der Waals surface area (Å²) in [6.07, 6.45) is 4.08. The maximum absolute atomic E-state index is 2.21. The first-order valence-electron chi connectivity index (χ1n) is 2.41. The maximum atomic E-state index is 2.21. The van der Waals surface area contributed by atoms with Gasteiger partial charge in [0.25, 0.3) is 0 Å². The third kappa shape index (κ3) is 8.82. The van der Waals surface area contributed by atoms with Gasteiger partial charge in [-0.2, -0.15) is 0 Å². The minimum absolute atomic E-state index is 0. The standard InChI is InChI=1S/C5H12.Ru/c1-3-5-4-2;/h3-5H2,1-2H3;. The van der Waals surface area contributed by atoms with Crippen molar-refractivity contribution in [1.29, 1.82) is 0 Å². The molecule has 0 spiro atoms. The van der Waals surface area contributed by atoms with Gasteiger partial charge in [0.1, 0.15) is 0 Å². The summed E-state index contributed by atoms with van der Waals surface area (Å²) in [5.41, 5.74) is 0. The van der Waals surface area contributed by atoms with Gasteiger partial charge in [0.15, 0.2) is 0 Å². The average molecular weight is 173 g/mol. The molecule has 40 valence electrons. The molecule has 6 heavy (non-hydrogen) atoms. The van der Waals surface area contributed by atoms with Gasteiger partial charge in [-0.3, -0.25) is 0 Å². The van der Waals surface area contributed by atoms with Crippen LogP contribution in [0.1, 0.15) is 33.1 Å². The van der Waals surface area contributed by atoms with E-state index in [0.717, 1.165) is 0 Å². The fourth-order valence-electron chi connectivity index (χ4n) is 0.354. The summed E-state index contributed by atoms with van der Waals surface area (Å²) in [4.78, 5) is 0. The molecule has 0 aromatic heterocycles. The van der Waals surface area contributed by atoms with Crippen molar-refractivity contribution in [2.75, 3.05) is 0 Å². The van der Waals surface area contributed by atoms with Crippen LogP contribution in [0.4, 0.5) is 0 Å². The van der Waals surface area contributed by atoms with E-state index in [2.05, 4.69) is 13.8 Å². The van der Waals surface area contributed by atoms with Crippen molar-refractivity contribution in [2.45, 2.75) is 33.1 Å². The van der Waals surface area contributed by atoms with Gasteiger partial charge < -0.3 is 0 Å². The van der Waals surface area contributed by atoms with Crippen LogP contribution in [0.15, 0.2) is 0 Å². The third-order valence-electron chi connectivity index (χ3n) is 0.707. The molecule has 0 amide bonds. The Hall–Kier alpha value is 0.623. The van der Waals surface area contributed by atoms with Crippen LogP contribution < -0.4 is 0 Å². The predicted octanol–water partition coefficient (Wildman–Crippen LogP) is 2.19. The van der Waals surface area contributed by atoms with E-state index >= 15 is 0 Å². The monoisotopic (exact) mass is 174 g/mol. The van der Waals surface area contributed by atoms with Crippen molar-refractivity contribution < 1.29 is 19.5 Å². The number of rotatable bonds is 2. The molecule has 0 bridgehead atoms. The van der Waals surface area contributed by atoms with Gasteiger partial charge >= 0.3 is 0 Å². The molecule has 0 rings (SSSR count). The number of hydrogen-bond acceptors (Lipinski definition) is 0. The molecule has 0 unspecified atom stereocenters. The quantitative estimate of drug-likeness (QED) is 0.561. The van der Waals surface area contributed by atoms with Crippen LogP contribution in [-0.4, -0.2) is 0 Å². The molecule has 1 heteroatoms. The Morgan fingerprint density at radius 2 is 1.33 bits per heavy atom. The molecule has 0 atom stereocenters. The minimum Gasteiger partial charge on any atom is -0.0654 e. The van der Waals surface area contributed by atoms with Crippen LogP contribution in [0.3, 0.4) is 0 Å². The smallest absolute Gasteiger partial charge is 0 e. The van der Waals surface area contributed by atoms with Crippen molar-refractivity contribution in [3.8, 4) is 0 Å². The van der Waals surface area contributed by atoms with Crippen LogP contribution in [0.5, 0.6) is 0 Å². The van der Waals surface area contributed by atoms with E-state index in [1.807, 2.05) is 0 Å². The zero-order chi connectivity index (χ0) is 4.12. The minimum atomic E-state index is 0. The largest absolute Gasteiger partial charge is 0.0654 e. The van der Waals surface area contributed by atoms with E-state index in [9.17, 15) is 0 Å². The van der Waals surface area contributed by atoms with Gasteiger partial charge in [0, 0.05) is 19.5 Å². The molecule has 0 aliphatic carbocycles. The first-order chi connectivity index (χ1) is 2.41. The molecule has 0 aliphatic heterocycles. The summed E-state index contributed by atoms with van der Waals surface area (Å²) in [5.74, 6) is 0. The summed E-state index contributed by atoms with van der Waals surface area (Å²) >= 11 is 0. The van der Waals surface area contributed by atoms with Crippen molar-refractivity contribution >= 4 is 0 Å². The molecule has 0 aromatic carbocycles. The van der Waals surface area contributed by atoms with Crippen molar-refractivity contribution in [1.82, 2.24) is 0 Å². The predicted molar refractivity (Wildman–Crippen MR) is 25.2 cm³/mol. The Morgan fingerprint density at radius 1 is 1.00 bits per heavy atom. The molecule has 0 saturated heterocycles. The Morgan fingerprint density at radius 3 is 1.33 bits per heavy atom. The van der Waals surface area contributed by atoms with Crippen molar-refractivity contribution in [3.63, 3.8) is 0 Å². The van der Waals surface area contributed by atoms with Crippen LogP contribution in [-0.2, 0) is 19.5 Å². The van der Waals surface area contributed by atoms with Crippen LogP contribution >= 0.6 is 0 Å². The maximum Gasteiger partial charge on any atom is 0 e. The first kappa shape index (κ1) is 9.80. The second-order valence-corrected chi connectivity index (χ2v) is 1.35. The third-order valence-corrected chi connectivity index (χ3v) is 0.707. The normalized spacial score (nSPS) is 7.00. The number of unbranched alkanes of at least 4 members (excludes halogenated alkanes) is 2. The Balaban J connectivity index is 0.